The van der Waals surface area contributed by atoms with Gasteiger partial charge in [0, 0.05) is 5.56 Å². The van der Waals surface area contributed by atoms with Crippen molar-refractivity contribution in [3.63, 3.8) is 0 Å². The van der Waals surface area contributed by atoms with Crippen LogP contribution in [-0.2, 0) is 0 Å². The van der Waals surface area contributed by atoms with E-state index in [4.69, 9.17) is 12.2 Å². The highest BCUT2D eigenvalue weighted by molar-refractivity contribution is 7.71. The third-order valence-corrected chi connectivity index (χ3v) is 3.41. The summed E-state index contributed by atoms with van der Waals surface area (Å²) >= 11 is 5.04. The lowest BCUT2D eigenvalue weighted by Crippen LogP contribution is -2.22. The second kappa shape index (κ2) is 5.41. The summed E-state index contributed by atoms with van der Waals surface area (Å²) in [7, 11) is 0. The molecule has 0 unspecified atom stereocenters. The maximum Gasteiger partial charge on any atom is 0.296 e. The first-order valence-corrected chi connectivity index (χ1v) is 6.78. The Hall–Kier alpha value is -2.60. The van der Waals surface area contributed by atoms with E-state index in [1.54, 1.807) is 13.1 Å². The van der Waals surface area contributed by atoms with Gasteiger partial charge in [-0.05, 0) is 29.9 Å². The maximum absolute atomic E-state index is 12.0. The van der Waals surface area contributed by atoms with Crippen molar-refractivity contribution in [1.29, 1.82) is 0 Å². The Morgan fingerprint density at radius 1 is 1.24 bits per heavy atom. The van der Waals surface area contributed by atoms with Gasteiger partial charge in [-0.1, -0.05) is 42.5 Å². The molecule has 104 valence electrons. The SMILES string of the molecule is Cc1n[nH]c(=S)n(/N=C/c2cccc3ccccc23)c1=O. The highest BCUT2D eigenvalue weighted by Crippen LogP contribution is 2.16. The van der Waals surface area contributed by atoms with E-state index in [9.17, 15) is 4.79 Å². The molecule has 6 heteroatoms. The number of rotatable bonds is 2. The van der Waals surface area contributed by atoms with Crippen LogP contribution in [0.15, 0.2) is 52.4 Å². The molecule has 0 spiro atoms. The number of hydrogen-bond acceptors (Lipinski definition) is 4. The van der Waals surface area contributed by atoms with Crippen LogP contribution in [0.2, 0.25) is 0 Å². The second-order valence-corrected chi connectivity index (χ2v) is 4.93. The molecule has 0 radical (unpaired) electrons. The Bertz CT molecular complexity index is 950. The van der Waals surface area contributed by atoms with Crippen LogP contribution in [0.4, 0.5) is 0 Å². The first-order valence-electron chi connectivity index (χ1n) is 6.37. The highest BCUT2D eigenvalue weighted by Gasteiger charge is 2.02. The predicted molar refractivity (Wildman–Crippen MR) is 85.4 cm³/mol. The first kappa shape index (κ1) is 13.4. The summed E-state index contributed by atoms with van der Waals surface area (Å²) < 4.78 is 1.31. The van der Waals surface area contributed by atoms with Crippen LogP contribution in [0.1, 0.15) is 11.3 Å². The lowest BCUT2D eigenvalue weighted by atomic mass is 10.1. The molecule has 0 aliphatic heterocycles. The van der Waals surface area contributed by atoms with E-state index in [1.165, 1.54) is 0 Å². The van der Waals surface area contributed by atoms with Gasteiger partial charge >= 0.3 is 0 Å². The minimum atomic E-state index is -0.324. The standard InChI is InChI=1S/C15H12N4OS/c1-10-14(20)19(15(21)18-17-10)16-9-12-7-4-6-11-5-2-3-8-13(11)12/h2-9H,1H3,(H,18,21)/b16-9+. The number of fused-ring (bicyclic) bond motifs is 1. The molecule has 2 aromatic carbocycles. The van der Waals surface area contributed by atoms with Crippen molar-refractivity contribution in [1.82, 2.24) is 14.9 Å². The van der Waals surface area contributed by atoms with Gasteiger partial charge in [-0.2, -0.15) is 14.9 Å². The van der Waals surface area contributed by atoms with Crippen LogP contribution in [0, 0.1) is 11.7 Å². The van der Waals surface area contributed by atoms with Gasteiger partial charge in [0.15, 0.2) is 0 Å². The summed E-state index contributed by atoms with van der Waals surface area (Å²) in [6, 6.07) is 13.9. The van der Waals surface area contributed by atoms with Crippen molar-refractivity contribution in [3.05, 3.63) is 68.8 Å². The molecule has 21 heavy (non-hydrogen) atoms. The van der Waals surface area contributed by atoms with Crippen molar-refractivity contribution in [3.8, 4) is 0 Å². The number of aryl methyl sites for hydroxylation is 1. The van der Waals surface area contributed by atoms with Crippen LogP contribution < -0.4 is 5.56 Å². The van der Waals surface area contributed by atoms with Gasteiger partial charge in [-0.3, -0.25) is 9.89 Å². The molecule has 1 heterocycles. The van der Waals surface area contributed by atoms with Crippen LogP contribution >= 0.6 is 12.2 Å². The maximum atomic E-state index is 12.0. The van der Waals surface area contributed by atoms with E-state index in [2.05, 4.69) is 15.3 Å². The Morgan fingerprint density at radius 3 is 2.86 bits per heavy atom. The van der Waals surface area contributed by atoms with Crippen LogP contribution in [0.25, 0.3) is 10.8 Å². The molecule has 0 fully saturated rings. The van der Waals surface area contributed by atoms with Crippen LogP contribution in [0.3, 0.4) is 0 Å². The Labute approximate surface area is 125 Å². The van der Waals surface area contributed by atoms with Gasteiger partial charge in [-0.25, -0.2) is 0 Å². The van der Waals surface area contributed by atoms with E-state index in [0.29, 0.717) is 5.69 Å². The summed E-state index contributed by atoms with van der Waals surface area (Å²) in [5, 5.41) is 12.8. The van der Waals surface area contributed by atoms with E-state index in [-0.39, 0.29) is 10.3 Å². The summed E-state index contributed by atoms with van der Waals surface area (Å²) in [6.45, 7) is 1.61. The number of nitrogens with one attached hydrogen (secondary N) is 1. The van der Waals surface area contributed by atoms with Crippen molar-refractivity contribution in [2.24, 2.45) is 5.10 Å². The molecular formula is C15H12N4OS. The zero-order valence-electron chi connectivity index (χ0n) is 11.3. The fourth-order valence-electron chi connectivity index (χ4n) is 2.06. The third-order valence-electron chi connectivity index (χ3n) is 3.15. The molecular weight excluding hydrogens is 284 g/mol. The van der Waals surface area contributed by atoms with Gasteiger partial charge < -0.3 is 0 Å². The summed E-state index contributed by atoms with van der Waals surface area (Å²) in [6.07, 6.45) is 1.63. The van der Waals surface area contributed by atoms with Crippen molar-refractivity contribution >= 4 is 29.2 Å². The molecule has 3 aromatic rings. The highest BCUT2D eigenvalue weighted by atomic mass is 32.1. The lowest BCUT2D eigenvalue weighted by Gasteiger charge is -2.02. The van der Waals surface area contributed by atoms with Gasteiger partial charge in [0.25, 0.3) is 5.56 Å². The average Bonchev–Trinajstić information content (AvgIpc) is 2.51. The number of hydrogen-bond donors (Lipinski definition) is 1. The average molecular weight is 296 g/mol. The Kier molecular flexibility index (Phi) is 3.45. The molecule has 0 amide bonds. The number of aromatic nitrogens is 3. The summed E-state index contributed by atoms with van der Waals surface area (Å²) in [4.78, 5) is 12.0. The number of nitrogens with zero attached hydrogens (tertiary/aromatic N) is 3. The molecule has 0 aliphatic rings. The second-order valence-electron chi connectivity index (χ2n) is 4.54. The number of aromatic amines is 1. The number of H-pyrrole nitrogens is 1. The third kappa shape index (κ3) is 2.53. The zero-order valence-corrected chi connectivity index (χ0v) is 12.1. The molecule has 0 bridgehead atoms. The van der Waals surface area contributed by atoms with Crippen molar-refractivity contribution < 1.29 is 0 Å². The minimum Gasteiger partial charge on any atom is -0.265 e. The summed E-state index contributed by atoms with van der Waals surface area (Å²) in [5.74, 6) is 0. The normalized spacial score (nSPS) is 11.3. The van der Waals surface area contributed by atoms with Gasteiger partial charge in [0.05, 0.1) is 6.21 Å². The topological polar surface area (TPSA) is 63.0 Å². The van der Waals surface area contributed by atoms with Gasteiger partial charge in [0.2, 0.25) is 4.77 Å². The van der Waals surface area contributed by atoms with Crippen LogP contribution in [0.5, 0.6) is 0 Å². The minimum absolute atomic E-state index is 0.169. The zero-order chi connectivity index (χ0) is 14.8. The van der Waals surface area contributed by atoms with Crippen molar-refractivity contribution in [2.75, 3.05) is 0 Å². The smallest absolute Gasteiger partial charge is 0.265 e. The largest absolute Gasteiger partial charge is 0.296 e. The predicted octanol–water partition coefficient (Wildman–Crippen LogP) is 2.64. The molecule has 3 rings (SSSR count). The lowest BCUT2D eigenvalue weighted by molar-refractivity contribution is 0.720. The molecule has 5 nitrogen and oxygen atoms in total. The summed E-state index contributed by atoms with van der Waals surface area (Å²) in [5.41, 5.74) is 0.915. The van der Waals surface area contributed by atoms with Crippen molar-refractivity contribution in [2.45, 2.75) is 6.92 Å². The van der Waals surface area contributed by atoms with E-state index >= 15 is 0 Å². The quantitative estimate of drug-likeness (QED) is 0.584. The fourth-order valence-corrected chi connectivity index (χ4v) is 2.24. The number of benzene rings is 2. The van der Waals surface area contributed by atoms with Crippen LogP contribution in [-0.4, -0.2) is 21.1 Å². The van der Waals surface area contributed by atoms with E-state index in [1.807, 2.05) is 42.5 Å². The first-order chi connectivity index (χ1) is 10.2. The van der Waals surface area contributed by atoms with E-state index in [0.717, 1.165) is 21.0 Å². The molecule has 0 atom stereocenters. The molecule has 1 aromatic heterocycles. The monoisotopic (exact) mass is 296 g/mol. The molecule has 1 N–H and O–H groups in total. The van der Waals surface area contributed by atoms with Gasteiger partial charge in [-0.15, -0.1) is 0 Å². The Morgan fingerprint density at radius 2 is 2.00 bits per heavy atom. The fraction of sp³-hybridized carbons (Fsp3) is 0.0667. The Balaban J connectivity index is 2.13. The van der Waals surface area contributed by atoms with Gasteiger partial charge in [0.1, 0.15) is 5.69 Å². The molecule has 0 saturated carbocycles. The van der Waals surface area contributed by atoms with E-state index < -0.39 is 0 Å². The molecule has 0 aliphatic carbocycles. The molecule has 0 saturated heterocycles.